The van der Waals surface area contributed by atoms with Crippen molar-refractivity contribution in [1.82, 2.24) is 10.0 Å². The standard InChI is InChI=1S/C15H23ClN2O2S/c1-15(2)7-6-12(9-15)18-21(19,20)14-8-11(10-17-3)4-5-13(14)16/h4-5,8,12,17-18H,6-7,9-10H2,1-3H3. The van der Waals surface area contributed by atoms with Crippen LogP contribution in [0.15, 0.2) is 23.1 Å². The van der Waals surface area contributed by atoms with Crippen molar-refractivity contribution in [3.8, 4) is 0 Å². The zero-order chi connectivity index (χ0) is 15.7. The molecule has 1 aliphatic rings. The first kappa shape index (κ1) is 16.7. The Bertz CT molecular complexity index is 614. The van der Waals surface area contributed by atoms with Crippen molar-refractivity contribution in [2.24, 2.45) is 5.41 Å². The van der Waals surface area contributed by atoms with Gasteiger partial charge in [0.15, 0.2) is 0 Å². The lowest BCUT2D eigenvalue weighted by atomic mass is 9.92. The molecule has 0 bridgehead atoms. The van der Waals surface area contributed by atoms with Crippen LogP contribution >= 0.6 is 11.6 Å². The maximum Gasteiger partial charge on any atom is 0.242 e. The van der Waals surface area contributed by atoms with E-state index in [2.05, 4.69) is 23.9 Å². The monoisotopic (exact) mass is 330 g/mol. The highest BCUT2D eigenvalue weighted by atomic mass is 35.5. The summed E-state index contributed by atoms with van der Waals surface area (Å²) in [6.45, 7) is 4.94. The van der Waals surface area contributed by atoms with E-state index in [1.54, 1.807) is 12.1 Å². The number of nitrogens with one attached hydrogen (secondary N) is 2. The van der Waals surface area contributed by atoms with Gasteiger partial charge in [-0.1, -0.05) is 31.5 Å². The first-order valence-corrected chi connectivity index (χ1v) is 9.05. The van der Waals surface area contributed by atoms with Gasteiger partial charge in [0, 0.05) is 12.6 Å². The van der Waals surface area contributed by atoms with E-state index in [1.165, 1.54) is 0 Å². The molecule has 4 nitrogen and oxygen atoms in total. The Morgan fingerprint density at radius 1 is 1.38 bits per heavy atom. The van der Waals surface area contributed by atoms with Crippen LogP contribution in [0.5, 0.6) is 0 Å². The SMILES string of the molecule is CNCc1ccc(Cl)c(S(=O)(=O)NC2CCC(C)(C)C2)c1. The Morgan fingerprint density at radius 3 is 2.67 bits per heavy atom. The summed E-state index contributed by atoms with van der Waals surface area (Å²) in [5.41, 5.74) is 1.10. The van der Waals surface area contributed by atoms with Crippen molar-refractivity contribution in [2.75, 3.05) is 7.05 Å². The smallest absolute Gasteiger partial charge is 0.242 e. The summed E-state index contributed by atoms with van der Waals surface area (Å²) in [6, 6.07) is 5.10. The van der Waals surface area contributed by atoms with Crippen LogP contribution in [0.4, 0.5) is 0 Å². The number of hydrogen-bond acceptors (Lipinski definition) is 3. The quantitative estimate of drug-likeness (QED) is 0.872. The maximum atomic E-state index is 12.6. The molecule has 21 heavy (non-hydrogen) atoms. The summed E-state index contributed by atoms with van der Waals surface area (Å²) in [7, 11) is -1.75. The van der Waals surface area contributed by atoms with Gasteiger partial charge >= 0.3 is 0 Å². The van der Waals surface area contributed by atoms with Gasteiger partial charge in [0.2, 0.25) is 10.0 Å². The summed E-state index contributed by atoms with van der Waals surface area (Å²) in [6.07, 6.45) is 2.77. The van der Waals surface area contributed by atoms with Crippen LogP contribution in [0.2, 0.25) is 5.02 Å². The number of hydrogen-bond donors (Lipinski definition) is 2. The highest BCUT2D eigenvalue weighted by Gasteiger charge is 2.34. The molecule has 1 aromatic rings. The second-order valence-electron chi connectivity index (χ2n) is 6.52. The summed E-state index contributed by atoms with van der Waals surface area (Å²) in [4.78, 5) is 0.168. The largest absolute Gasteiger partial charge is 0.316 e. The van der Waals surface area contributed by atoms with Crippen molar-refractivity contribution in [2.45, 2.75) is 50.6 Å². The second-order valence-corrected chi connectivity index (χ2v) is 8.61. The van der Waals surface area contributed by atoms with Crippen LogP contribution in [0.1, 0.15) is 38.7 Å². The average Bonchev–Trinajstić information content (AvgIpc) is 2.70. The van der Waals surface area contributed by atoms with Crippen LogP contribution < -0.4 is 10.0 Å². The van der Waals surface area contributed by atoms with Crippen LogP contribution in [-0.4, -0.2) is 21.5 Å². The molecule has 1 aromatic carbocycles. The zero-order valence-corrected chi connectivity index (χ0v) is 14.3. The van der Waals surface area contributed by atoms with Crippen molar-refractivity contribution >= 4 is 21.6 Å². The van der Waals surface area contributed by atoms with Crippen molar-refractivity contribution in [3.63, 3.8) is 0 Å². The molecule has 0 aliphatic heterocycles. The van der Waals surface area contributed by atoms with Crippen LogP contribution in [0.3, 0.4) is 0 Å². The van der Waals surface area contributed by atoms with E-state index < -0.39 is 10.0 Å². The normalized spacial score (nSPS) is 21.6. The van der Waals surface area contributed by atoms with Crippen molar-refractivity contribution < 1.29 is 8.42 Å². The lowest BCUT2D eigenvalue weighted by molar-refractivity contribution is 0.372. The number of benzene rings is 1. The first-order chi connectivity index (χ1) is 9.73. The van der Waals surface area contributed by atoms with Gasteiger partial charge in [-0.05, 0) is 49.4 Å². The minimum absolute atomic E-state index is 0.00553. The summed E-state index contributed by atoms with van der Waals surface area (Å²) >= 11 is 6.08. The Morgan fingerprint density at radius 2 is 2.10 bits per heavy atom. The minimum atomic E-state index is -3.58. The second kappa shape index (κ2) is 6.24. The highest BCUT2D eigenvalue weighted by Crippen LogP contribution is 2.37. The number of rotatable bonds is 5. The third-order valence-electron chi connectivity index (χ3n) is 3.96. The van der Waals surface area contributed by atoms with Gasteiger partial charge in [-0.25, -0.2) is 13.1 Å². The molecule has 0 amide bonds. The molecule has 0 heterocycles. The Labute approximate surface area is 132 Å². The van der Waals surface area contributed by atoms with E-state index in [0.29, 0.717) is 6.54 Å². The van der Waals surface area contributed by atoms with Gasteiger partial charge in [0.1, 0.15) is 4.90 Å². The minimum Gasteiger partial charge on any atom is -0.316 e. The molecule has 2 rings (SSSR count). The lowest BCUT2D eigenvalue weighted by Gasteiger charge is -2.18. The van der Waals surface area contributed by atoms with Crippen molar-refractivity contribution in [1.29, 1.82) is 0 Å². The summed E-state index contributed by atoms with van der Waals surface area (Å²) in [5, 5.41) is 3.27. The first-order valence-electron chi connectivity index (χ1n) is 7.19. The molecule has 2 N–H and O–H groups in total. The molecule has 0 aromatic heterocycles. The van der Waals surface area contributed by atoms with E-state index in [0.717, 1.165) is 24.8 Å². The van der Waals surface area contributed by atoms with E-state index in [1.807, 2.05) is 13.1 Å². The zero-order valence-electron chi connectivity index (χ0n) is 12.7. The molecular formula is C15H23ClN2O2S. The average molecular weight is 331 g/mol. The lowest BCUT2D eigenvalue weighted by Crippen LogP contribution is -2.33. The summed E-state index contributed by atoms with van der Waals surface area (Å²) < 4.78 is 27.9. The van der Waals surface area contributed by atoms with Crippen LogP contribution in [0, 0.1) is 5.41 Å². The molecular weight excluding hydrogens is 308 g/mol. The number of sulfonamides is 1. The fraction of sp³-hybridized carbons (Fsp3) is 0.600. The molecule has 118 valence electrons. The van der Waals surface area contributed by atoms with Gasteiger partial charge in [0.25, 0.3) is 0 Å². The highest BCUT2D eigenvalue weighted by molar-refractivity contribution is 7.89. The van der Waals surface area contributed by atoms with Gasteiger partial charge < -0.3 is 5.32 Å². The molecule has 6 heteroatoms. The maximum absolute atomic E-state index is 12.6. The molecule has 1 fully saturated rings. The van der Waals surface area contributed by atoms with E-state index >= 15 is 0 Å². The van der Waals surface area contributed by atoms with Gasteiger partial charge in [-0.2, -0.15) is 0 Å². The van der Waals surface area contributed by atoms with Crippen molar-refractivity contribution in [3.05, 3.63) is 28.8 Å². The Hall–Kier alpha value is -0.620. The third kappa shape index (κ3) is 4.19. The predicted molar refractivity (Wildman–Crippen MR) is 86.0 cm³/mol. The fourth-order valence-electron chi connectivity index (χ4n) is 2.89. The molecule has 1 unspecified atom stereocenters. The molecule has 1 atom stereocenters. The van der Waals surface area contributed by atoms with E-state index in [4.69, 9.17) is 11.6 Å². The molecule has 0 spiro atoms. The topological polar surface area (TPSA) is 58.2 Å². The predicted octanol–water partition coefficient (Wildman–Crippen LogP) is 2.92. The molecule has 0 radical (unpaired) electrons. The fourth-order valence-corrected chi connectivity index (χ4v) is 4.71. The van der Waals surface area contributed by atoms with Gasteiger partial charge in [-0.3, -0.25) is 0 Å². The summed E-state index contributed by atoms with van der Waals surface area (Å²) in [5.74, 6) is 0. The number of halogens is 1. The van der Waals surface area contributed by atoms with Gasteiger partial charge in [0.05, 0.1) is 5.02 Å². The van der Waals surface area contributed by atoms with Crippen LogP contribution in [-0.2, 0) is 16.6 Å². The third-order valence-corrected chi connectivity index (χ3v) is 5.96. The van der Waals surface area contributed by atoms with Gasteiger partial charge in [-0.15, -0.1) is 0 Å². The molecule has 0 saturated heterocycles. The molecule has 1 saturated carbocycles. The van der Waals surface area contributed by atoms with Crippen LogP contribution in [0.25, 0.3) is 0 Å². The van der Waals surface area contributed by atoms with E-state index in [-0.39, 0.29) is 21.4 Å². The molecule has 1 aliphatic carbocycles. The van der Waals surface area contributed by atoms with E-state index in [9.17, 15) is 8.42 Å². The Kier molecular flexibility index (Phi) is 4.98. The Balaban J connectivity index is 2.21.